The molecule has 0 aliphatic carbocycles. The molecule has 0 amide bonds. The Morgan fingerprint density at radius 2 is 0.818 bits per heavy atom. The first kappa shape index (κ1) is 15.0. The van der Waals surface area contributed by atoms with E-state index in [0.717, 1.165) is 0 Å². The average Bonchev–Trinajstić information content (AvgIpc) is 2.47. The molecule has 0 radical (unpaired) electrons. The fraction of sp³-hybridized carbons (Fsp3) is 0.190. The Morgan fingerprint density at radius 1 is 0.500 bits per heavy atom. The predicted octanol–water partition coefficient (Wildman–Crippen LogP) is 6.83. The van der Waals surface area contributed by atoms with E-state index in [2.05, 4.69) is 82.3 Å². The van der Waals surface area contributed by atoms with E-state index in [1.807, 2.05) is 0 Å². The lowest BCUT2D eigenvalue weighted by Gasteiger charge is -2.13. The summed E-state index contributed by atoms with van der Waals surface area (Å²) in [5, 5.41) is 2.80. The van der Waals surface area contributed by atoms with Gasteiger partial charge in [-0.3, -0.25) is 0 Å². The summed E-state index contributed by atoms with van der Waals surface area (Å²) in [7, 11) is 1.30. The molecular weight excluding hydrogens is 283 g/mol. The summed E-state index contributed by atoms with van der Waals surface area (Å²) < 4.78 is 0. The molecule has 110 valence electrons. The zero-order chi connectivity index (χ0) is 15.7. The summed E-state index contributed by atoms with van der Waals surface area (Å²) >= 11 is 0. The minimum absolute atomic E-state index is 1.30. The van der Waals surface area contributed by atoms with Gasteiger partial charge >= 0.3 is 0 Å². The van der Waals surface area contributed by atoms with E-state index in [-0.39, 0.29) is 0 Å². The Labute approximate surface area is 135 Å². The van der Waals surface area contributed by atoms with Crippen LogP contribution in [0.15, 0.2) is 54.6 Å². The quantitative estimate of drug-likeness (QED) is 0.486. The van der Waals surface area contributed by atoms with Crippen LogP contribution >= 0.6 is 8.19 Å². The molecule has 0 saturated heterocycles. The summed E-state index contributed by atoms with van der Waals surface area (Å²) in [5.74, 6) is 0. The Bertz CT molecular complexity index is 724. The smallest absolute Gasteiger partial charge is 0.0101 e. The molecule has 22 heavy (non-hydrogen) atoms. The van der Waals surface area contributed by atoms with Crippen LogP contribution in [-0.2, 0) is 0 Å². The summed E-state index contributed by atoms with van der Waals surface area (Å²) in [5.41, 5.74) is 8.23. The Kier molecular flexibility index (Phi) is 4.14. The van der Waals surface area contributed by atoms with Gasteiger partial charge in [0.15, 0.2) is 0 Å². The minimum Gasteiger partial charge on any atom is -0.0617 e. The van der Waals surface area contributed by atoms with Crippen LogP contribution < -0.4 is 0 Å². The highest BCUT2D eigenvalue weighted by atomic mass is 31.0. The van der Waals surface area contributed by atoms with Crippen LogP contribution in [0.4, 0.5) is 0 Å². The first-order valence-electron chi connectivity index (χ1n) is 7.68. The van der Waals surface area contributed by atoms with Crippen molar-refractivity contribution in [3.8, 4) is 21.7 Å². The molecule has 0 saturated carbocycles. The molecule has 3 aromatic rings. The second kappa shape index (κ2) is 6.07. The molecule has 0 bridgehead atoms. The lowest BCUT2D eigenvalue weighted by molar-refractivity contribution is 1.39. The minimum atomic E-state index is 1.30. The lowest BCUT2D eigenvalue weighted by Crippen LogP contribution is -1.88. The van der Waals surface area contributed by atoms with Crippen LogP contribution in [0.5, 0.6) is 0 Å². The number of aryl methyl sites for hydroxylation is 4. The van der Waals surface area contributed by atoms with Crippen molar-refractivity contribution in [1.29, 1.82) is 0 Å². The third-order valence-corrected chi connectivity index (χ3v) is 5.45. The van der Waals surface area contributed by atoms with Crippen LogP contribution in [0.2, 0.25) is 0 Å². The van der Waals surface area contributed by atoms with Crippen molar-refractivity contribution in [2.75, 3.05) is 0 Å². The summed E-state index contributed by atoms with van der Waals surface area (Å²) in [6, 6.07) is 19.8. The standard InChI is InChI=1S/C21H21P/c1-14-8-5-9-15(2)20(14)18-12-7-13-19(22-18)21-16(3)10-6-11-17(21)4/h5-13H,1-4H3. The Balaban J connectivity index is 2.19. The normalized spacial score (nSPS) is 10.7. The first-order chi connectivity index (χ1) is 10.6. The fourth-order valence-corrected chi connectivity index (χ4v) is 4.66. The van der Waals surface area contributed by atoms with Gasteiger partial charge in [0.2, 0.25) is 0 Å². The number of benzene rings is 2. The highest BCUT2D eigenvalue weighted by Crippen LogP contribution is 2.41. The topological polar surface area (TPSA) is 0 Å². The molecule has 0 nitrogen and oxygen atoms in total. The van der Waals surface area contributed by atoms with Gasteiger partial charge in [0.25, 0.3) is 0 Å². The monoisotopic (exact) mass is 304 g/mol. The van der Waals surface area contributed by atoms with E-state index >= 15 is 0 Å². The largest absolute Gasteiger partial charge is 0.0617 e. The summed E-state index contributed by atoms with van der Waals surface area (Å²) in [6.45, 7) is 8.82. The van der Waals surface area contributed by atoms with E-state index in [0.29, 0.717) is 0 Å². The highest BCUT2D eigenvalue weighted by molar-refractivity contribution is 7.37. The fourth-order valence-electron chi connectivity index (χ4n) is 3.15. The van der Waals surface area contributed by atoms with Crippen molar-refractivity contribution in [2.24, 2.45) is 0 Å². The third-order valence-electron chi connectivity index (χ3n) is 4.22. The molecule has 1 aromatic heterocycles. The molecule has 0 unspecified atom stereocenters. The van der Waals surface area contributed by atoms with E-state index in [1.54, 1.807) is 0 Å². The Morgan fingerprint density at radius 3 is 1.18 bits per heavy atom. The second-order valence-corrected chi connectivity index (χ2v) is 7.13. The van der Waals surface area contributed by atoms with Gasteiger partial charge in [-0.2, -0.15) is 0 Å². The van der Waals surface area contributed by atoms with Gasteiger partial charge in [0, 0.05) is 10.6 Å². The van der Waals surface area contributed by atoms with Crippen molar-refractivity contribution >= 4 is 8.19 Å². The molecule has 0 aliphatic rings. The number of hydrogen-bond acceptors (Lipinski definition) is 0. The van der Waals surface area contributed by atoms with E-state index in [4.69, 9.17) is 0 Å². The van der Waals surface area contributed by atoms with E-state index < -0.39 is 0 Å². The molecule has 2 aromatic carbocycles. The van der Waals surface area contributed by atoms with Gasteiger partial charge in [-0.15, -0.1) is 0 Å². The van der Waals surface area contributed by atoms with Gasteiger partial charge < -0.3 is 0 Å². The molecule has 0 aliphatic heterocycles. The molecule has 0 spiro atoms. The van der Waals surface area contributed by atoms with Gasteiger partial charge in [0.1, 0.15) is 0 Å². The first-order valence-corrected chi connectivity index (χ1v) is 8.57. The number of rotatable bonds is 2. The summed E-state index contributed by atoms with van der Waals surface area (Å²) in [6.07, 6.45) is 0. The van der Waals surface area contributed by atoms with Crippen molar-refractivity contribution in [3.63, 3.8) is 0 Å². The second-order valence-electron chi connectivity index (χ2n) is 5.94. The summed E-state index contributed by atoms with van der Waals surface area (Å²) in [4.78, 5) is 0. The zero-order valence-corrected chi connectivity index (χ0v) is 14.5. The molecular formula is C21H21P. The van der Waals surface area contributed by atoms with E-state index in [1.165, 1.54) is 52.2 Å². The van der Waals surface area contributed by atoms with Crippen LogP contribution in [0, 0.1) is 27.7 Å². The average molecular weight is 304 g/mol. The predicted molar refractivity (Wildman–Crippen MR) is 98.8 cm³/mol. The van der Waals surface area contributed by atoms with Gasteiger partial charge in [0.05, 0.1) is 0 Å². The SMILES string of the molecule is Cc1cccc(C)c1-c1cccc(-c2c(C)cccc2C)p1. The van der Waals surface area contributed by atoms with Crippen LogP contribution in [0.3, 0.4) is 0 Å². The van der Waals surface area contributed by atoms with Crippen molar-refractivity contribution in [3.05, 3.63) is 76.9 Å². The van der Waals surface area contributed by atoms with Crippen molar-refractivity contribution < 1.29 is 0 Å². The number of hydrogen-bond donors (Lipinski definition) is 0. The molecule has 0 N–H and O–H groups in total. The van der Waals surface area contributed by atoms with Crippen molar-refractivity contribution in [1.82, 2.24) is 0 Å². The zero-order valence-electron chi connectivity index (χ0n) is 13.6. The van der Waals surface area contributed by atoms with Gasteiger partial charge in [-0.1, -0.05) is 50.7 Å². The van der Waals surface area contributed by atoms with E-state index in [9.17, 15) is 0 Å². The molecule has 0 fully saturated rings. The molecule has 1 heterocycles. The van der Waals surface area contributed by atoms with Gasteiger partial charge in [-0.25, -0.2) is 0 Å². The highest BCUT2D eigenvalue weighted by Gasteiger charge is 2.10. The van der Waals surface area contributed by atoms with Crippen molar-refractivity contribution in [2.45, 2.75) is 27.7 Å². The maximum Gasteiger partial charge on any atom is 0.0101 e. The molecule has 0 atom stereocenters. The van der Waals surface area contributed by atoms with Crippen LogP contribution in [0.25, 0.3) is 21.7 Å². The molecule has 3 rings (SSSR count). The Hall–Kier alpha value is -1.91. The van der Waals surface area contributed by atoms with Gasteiger partial charge in [-0.05, 0) is 73.2 Å². The maximum absolute atomic E-state index is 2.26. The van der Waals surface area contributed by atoms with Crippen LogP contribution in [-0.4, -0.2) is 0 Å². The van der Waals surface area contributed by atoms with Crippen LogP contribution in [0.1, 0.15) is 22.3 Å². The third kappa shape index (κ3) is 2.72. The molecule has 1 heteroatoms. The maximum atomic E-state index is 2.26. The lowest BCUT2D eigenvalue weighted by atomic mass is 10.0.